The second-order valence-electron chi connectivity index (χ2n) is 6.66. The third-order valence-electron chi connectivity index (χ3n) is 4.84. The van der Waals surface area contributed by atoms with E-state index in [2.05, 4.69) is 50.1 Å². The first-order chi connectivity index (χ1) is 14.1. The van der Waals surface area contributed by atoms with Crippen molar-refractivity contribution >= 4 is 49.4 Å². The molecule has 1 aliphatic heterocycles. The topological polar surface area (TPSA) is 41.9 Å². The number of ether oxygens (including phenoxy) is 1. The summed E-state index contributed by atoms with van der Waals surface area (Å²) in [5.74, 6) is 0.431. The van der Waals surface area contributed by atoms with Crippen molar-refractivity contribution in [1.29, 1.82) is 0 Å². The molecule has 0 bridgehead atoms. The van der Waals surface area contributed by atoms with E-state index in [0.29, 0.717) is 0 Å². The number of rotatable bonds is 4. The minimum absolute atomic E-state index is 0.0942. The van der Waals surface area contributed by atoms with Gasteiger partial charge in [-0.3, -0.25) is 4.79 Å². The highest BCUT2D eigenvalue weighted by Crippen LogP contribution is 2.41. The van der Waals surface area contributed by atoms with Gasteiger partial charge in [0.05, 0.1) is 18.8 Å². The van der Waals surface area contributed by atoms with Gasteiger partial charge in [0, 0.05) is 20.1 Å². The number of esters is 1. The summed E-state index contributed by atoms with van der Waals surface area (Å²) >= 11 is 7.06. The van der Waals surface area contributed by atoms with E-state index in [1.807, 2.05) is 59.5 Å². The van der Waals surface area contributed by atoms with Crippen LogP contribution >= 0.6 is 31.9 Å². The summed E-state index contributed by atoms with van der Waals surface area (Å²) in [6.07, 6.45) is 0. The lowest BCUT2D eigenvalue weighted by Crippen LogP contribution is -2.42. The third-order valence-corrected chi connectivity index (χ3v) is 5.86. The molecule has 0 radical (unpaired) electrons. The summed E-state index contributed by atoms with van der Waals surface area (Å²) in [6.45, 7) is 0.0942. The number of amidine groups is 1. The summed E-state index contributed by atoms with van der Waals surface area (Å²) in [5.41, 5.74) is 3.95. The Hall–Kier alpha value is -2.44. The van der Waals surface area contributed by atoms with Gasteiger partial charge in [-0.2, -0.15) is 0 Å². The fourth-order valence-electron chi connectivity index (χ4n) is 3.51. The second-order valence-corrected chi connectivity index (χ2v) is 8.49. The van der Waals surface area contributed by atoms with Crippen molar-refractivity contribution in [2.75, 3.05) is 13.7 Å². The van der Waals surface area contributed by atoms with Crippen molar-refractivity contribution in [2.45, 2.75) is 6.04 Å². The zero-order valence-corrected chi connectivity index (χ0v) is 18.9. The monoisotopic (exact) mass is 512 g/mol. The third kappa shape index (κ3) is 4.14. The van der Waals surface area contributed by atoms with E-state index in [1.54, 1.807) is 0 Å². The van der Waals surface area contributed by atoms with Crippen LogP contribution in [0.15, 0.2) is 86.7 Å². The van der Waals surface area contributed by atoms with Gasteiger partial charge < -0.3 is 9.64 Å². The van der Waals surface area contributed by atoms with Crippen LogP contribution in [0.5, 0.6) is 0 Å². The van der Waals surface area contributed by atoms with Crippen molar-refractivity contribution < 1.29 is 9.53 Å². The van der Waals surface area contributed by atoms with Gasteiger partial charge in [-0.05, 0) is 35.9 Å². The normalized spacial score (nSPS) is 15.5. The van der Waals surface area contributed by atoms with Crippen LogP contribution in [0, 0.1) is 0 Å². The number of aliphatic imine (C=N–C) groups is 1. The number of carbonyl (C=O) groups is 1. The van der Waals surface area contributed by atoms with Crippen LogP contribution in [0.3, 0.4) is 0 Å². The zero-order valence-electron chi connectivity index (χ0n) is 15.7. The molecule has 4 nitrogen and oxygen atoms in total. The molecule has 1 unspecified atom stereocenters. The van der Waals surface area contributed by atoms with E-state index in [9.17, 15) is 4.79 Å². The molecule has 0 amide bonds. The lowest BCUT2D eigenvalue weighted by molar-refractivity contribution is -0.141. The Morgan fingerprint density at radius 2 is 1.69 bits per heavy atom. The molecule has 146 valence electrons. The number of hydrogen-bond acceptors (Lipinski definition) is 4. The van der Waals surface area contributed by atoms with Gasteiger partial charge in [0.2, 0.25) is 0 Å². The Morgan fingerprint density at radius 1 is 1.00 bits per heavy atom. The lowest BCUT2D eigenvalue weighted by Gasteiger charge is -2.38. The Kier molecular flexibility index (Phi) is 5.83. The quantitative estimate of drug-likeness (QED) is 0.410. The van der Waals surface area contributed by atoms with Gasteiger partial charge in [-0.1, -0.05) is 74.3 Å². The van der Waals surface area contributed by atoms with Crippen LogP contribution < -0.4 is 0 Å². The Balaban J connectivity index is 1.94. The van der Waals surface area contributed by atoms with Crippen LogP contribution in [-0.4, -0.2) is 30.4 Å². The van der Waals surface area contributed by atoms with Gasteiger partial charge in [-0.15, -0.1) is 0 Å². The molecule has 29 heavy (non-hydrogen) atoms. The summed E-state index contributed by atoms with van der Waals surface area (Å²) in [6, 6.07) is 24.0. The standard InChI is InChI=1S/C23H18Br2N2O2/c1-29-21(28)14-27-22(15-5-3-2-4-6-15)19-13-18(25)11-12-20(19)26-23(27)16-7-9-17(24)10-8-16/h2-13,22H,14H2,1H3. The molecule has 0 aliphatic carbocycles. The molecule has 1 heterocycles. The SMILES string of the molecule is COC(=O)CN1C(c2ccc(Br)cc2)=Nc2ccc(Br)cc2C1c1ccccc1. The van der Waals surface area contributed by atoms with E-state index in [-0.39, 0.29) is 18.6 Å². The predicted molar refractivity (Wildman–Crippen MR) is 121 cm³/mol. The maximum Gasteiger partial charge on any atom is 0.325 e. The number of hydrogen-bond donors (Lipinski definition) is 0. The highest BCUT2D eigenvalue weighted by molar-refractivity contribution is 9.10. The first-order valence-electron chi connectivity index (χ1n) is 9.09. The summed E-state index contributed by atoms with van der Waals surface area (Å²) < 4.78 is 6.96. The molecule has 3 aromatic rings. The molecule has 1 aliphatic rings. The Labute approximate surface area is 186 Å². The van der Waals surface area contributed by atoms with Crippen LogP contribution in [0.25, 0.3) is 0 Å². The highest BCUT2D eigenvalue weighted by Gasteiger charge is 2.33. The van der Waals surface area contributed by atoms with Crippen LogP contribution in [0.1, 0.15) is 22.7 Å². The average Bonchev–Trinajstić information content (AvgIpc) is 2.74. The molecule has 6 heteroatoms. The molecule has 0 saturated carbocycles. The first kappa shape index (κ1) is 19.9. The smallest absolute Gasteiger partial charge is 0.325 e. The van der Waals surface area contributed by atoms with Crippen molar-refractivity contribution in [2.24, 2.45) is 4.99 Å². The number of carbonyl (C=O) groups excluding carboxylic acids is 1. The van der Waals surface area contributed by atoms with E-state index >= 15 is 0 Å². The van der Waals surface area contributed by atoms with Gasteiger partial charge in [0.15, 0.2) is 0 Å². The fourth-order valence-corrected chi connectivity index (χ4v) is 4.15. The molecule has 3 aromatic carbocycles. The van der Waals surface area contributed by atoms with Crippen LogP contribution in [0.2, 0.25) is 0 Å². The molecule has 0 saturated heterocycles. The number of nitrogens with zero attached hydrogens (tertiary/aromatic N) is 2. The highest BCUT2D eigenvalue weighted by atomic mass is 79.9. The van der Waals surface area contributed by atoms with E-state index in [0.717, 1.165) is 37.2 Å². The molecule has 0 aromatic heterocycles. The zero-order chi connectivity index (χ0) is 20.4. The van der Waals surface area contributed by atoms with Crippen LogP contribution in [0.4, 0.5) is 5.69 Å². The molecule has 0 N–H and O–H groups in total. The summed E-state index contributed by atoms with van der Waals surface area (Å²) in [7, 11) is 1.41. The van der Waals surface area contributed by atoms with E-state index in [4.69, 9.17) is 9.73 Å². The van der Waals surface area contributed by atoms with E-state index < -0.39 is 0 Å². The minimum Gasteiger partial charge on any atom is -0.468 e. The fraction of sp³-hybridized carbons (Fsp3) is 0.130. The lowest BCUT2D eigenvalue weighted by atomic mass is 9.93. The Bertz CT molecular complexity index is 1070. The largest absolute Gasteiger partial charge is 0.468 e. The van der Waals surface area contributed by atoms with Crippen LogP contribution in [-0.2, 0) is 9.53 Å². The molecule has 0 spiro atoms. The average molecular weight is 514 g/mol. The number of benzene rings is 3. The number of halogens is 2. The van der Waals surface area contributed by atoms with Crippen molar-refractivity contribution in [3.05, 3.63) is 98.4 Å². The maximum atomic E-state index is 12.3. The molecule has 1 atom stereocenters. The van der Waals surface area contributed by atoms with Crippen molar-refractivity contribution in [3.63, 3.8) is 0 Å². The predicted octanol–water partition coefficient (Wildman–Crippen LogP) is 5.87. The summed E-state index contributed by atoms with van der Waals surface area (Å²) in [4.78, 5) is 19.3. The molecular formula is C23H18Br2N2O2. The second kappa shape index (κ2) is 8.51. The number of fused-ring (bicyclic) bond motifs is 1. The van der Waals surface area contributed by atoms with Crippen molar-refractivity contribution in [1.82, 2.24) is 4.90 Å². The van der Waals surface area contributed by atoms with Gasteiger partial charge in [0.1, 0.15) is 12.4 Å². The maximum absolute atomic E-state index is 12.3. The minimum atomic E-state index is -0.311. The Morgan fingerprint density at radius 3 is 2.38 bits per heavy atom. The first-order valence-corrected chi connectivity index (χ1v) is 10.7. The van der Waals surface area contributed by atoms with Gasteiger partial charge in [0.25, 0.3) is 0 Å². The molecule has 4 rings (SSSR count). The summed E-state index contributed by atoms with van der Waals surface area (Å²) in [5, 5.41) is 0. The van der Waals surface area contributed by atoms with Crippen molar-refractivity contribution in [3.8, 4) is 0 Å². The molecular weight excluding hydrogens is 496 g/mol. The molecule has 0 fully saturated rings. The van der Waals surface area contributed by atoms with Gasteiger partial charge >= 0.3 is 5.97 Å². The van der Waals surface area contributed by atoms with Gasteiger partial charge in [-0.25, -0.2) is 4.99 Å². The van der Waals surface area contributed by atoms with E-state index in [1.165, 1.54) is 7.11 Å². The number of methoxy groups -OCH3 is 1.